The number of aromatic nitrogens is 3. The van der Waals surface area contributed by atoms with Crippen LogP contribution in [0.4, 0.5) is 5.82 Å². The van der Waals surface area contributed by atoms with Crippen molar-refractivity contribution in [3.05, 3.63) is 35.5 Å². The summed E-state index contributed by atoms with van der Waals surface area (Å²) in [5, 5.41) is 3.16. The number of carbonyl (C=O) groups is 1. The van der Waals surface area contributed by atoms with Crippen molar-refractivity contribution in [1.82, 2.24) is 14.5 Å². The number of H-pyrrole nitrogens is 1. The van der Waals surface area contributed by atoms with Gasteiger partial charge in [-0.1, -0.05) is 19.1 Å². The number of ether oxygens (including phenoxy) is 1. The molecule has 6 heteroatoms. The topological polar surface area (TPSA) is 71.9 Å². The zero-order chi connectivity index (χ0) is 21.0. The zero-order valence-electron chi connectivity index (χ0n) is 18.1. The highest BCUT2D eigenvalue weighted by atomic mass is 16.5. The lowest BCUT2D eigenvalue weighted by molar-refractivity contribution is -0.116. The number of amides is 1. The SMILES string of the molecule is CCCC(=O)Nc1c(-c2nc3ccccc3[nH]2)c(C)c(C)n1CCCOC(C)C. The lowest BCUT2D eigenvalue weighted by Crippen LogP contribution is -2.16. The van der Waals surface area contributed by atoms with E-state index in [9.17, 15) is 4.79 Å². The Morgan fingerprint density at radius 2 is 2.03 bits per heavy atom. The Kier molecular flexibility index (Phi) is 6.75. The van der Waals surface area contributed by atoms with E-state index in [-0.39, 0.29) is 12.0 Å². The van der Waals surface area contributed by atoms with E-state index in [2.05, 4.69) is 28.7 Å². The number of benzene rings is 1. The quantitative estimate of drug-likeness (QED) is 0.488. The van der Waals surface area contributed by atoms with Crippen molar-refractivity contribution in [3.63, 3.8) is 0 Å². The van der Waals surface area contributed by atoms with Gasteiger partial charge >= 0.3 is 0 Å². The van der Waals surface area contributed by atoms with Gasteiger partial charge in [-0.15, -0.1) is 0 Å². The summed E-state index contributed by atoms with van der Waals surface area (Å²) in [7, 11) is 0. The molecule has 0 aliphatic carbocycles. The monoisotopic (exact) mass is 396 g/mol. The molecule has 2 heterocycles. The van der Waals surface area contributed by atoms with Crippen molar-refractivity contribution in [1.29, 1.82) is 0 Å². The lowest BCUT2D eigenvalue weighted by Gasteiger charge is -2.14. The highest BCUT2D eigenvalue weighted by Gasteiger charge is 2.23. The number of hydrogen-bond acceptors (Lipinski definition) is 3. The number of imidazole rings is 1. The molecule has 1 aromatic carbocycles. The largest absolute Gasteiger partial charge is 0.379 e. The molecule has 29 heavy (non-hydrogen) atoms. The molecule has 0 aliphatic heterocycles. The maximum Gasteiger partial charge on any atom is 0.225 e. The fourth-order valence-electron chi connectivity index (χ4n) is 3.60. The molecule has 6 nitrogen and oxygen atoms in total. The summed E-state index contributed by atoms with van der Waals surface area (Å²) in [5.41, 5.74) is 5.14. The van der Waals surface area contributed by atoms with Crippen molar-refractivity contribution in [3.8, 4) is 11.4 Å². The van der Waals surface area contributed by atoms with Gasteiger partial charge in [-0.3, -0.25) is 4.79 Å². The molecule has 156 valence electrons. The average molecular weight is 397 g/mol. The van der Waals surface area contributed by atoms with Crippen molar-refractivity contribution in [2.45, 2.75) is 66.5 Å². The minimum absolute atomic E-state index is 0.0297. The van der Waals surface area contributed by atoms with Crippen LogP contribution in [0.2, 0.25) is 0 Å². The highest BCUT2D eigenvalue weighted by molar-refractivity contribution is 5.95. The predicted octanol–water partition coefficient (Wildman–Crippen LogP) is 5.20. The normalized spacial score (nSPS) is 11.5. The number of carbonyl (C=O) groups excluding carboxylic acids is 1. The highest BCUT2D eigenvalue weighted by Crippen LogP contribution is 2.36. The van der Waals surface area contributed by atoms with Gasteiger partial charge in [0.05, 0.1) is 22.7 Å². The summed E-state index contributed by atoms with van der Waals surface area (Å²) in [6, 6.07) is 7.98. The first-order valence-corrected chi connectivity index (χ1v) is 10.5. The average Bonchev–Trinajstić information content (AvgIpc) is 3.19. The summed E-state index contributed by atoms with van der Waals surface area (Å²) in [6.45, 7) is 11.8. The van der Waals surface area contributed by atoms with E-state index in [1.54, 1.807) is 0 Å². The van der Waals surface area contributed by atoms with Crippen LogP contribution in [-0.4, -0.2) is 33.2 Å². The molecule has 0 aliphatic rings. The molecule has 0 atom stereocenters. The third-order valence-electron chi connectivity index (χ3n) is 5.17. The molecule has 2 aromatic heterocycles. The summed E-state index contributed by atoms with van der Waals surface area (Å²) in [5.74, 6) is 1.64. The van der Waals surface area contributed by atoms with E-state index >= 15 is 0 Å². The number of anilines is 1. The molecule has 0 bridgehead atoms. The minimum atomic E-state index is 0.0297. The standard InChI is InChI=1S/C23H32N4O2/c1-6-10-20(28)26-23-21(22-24-18-11-7-8-12-19(18)25-22)16(4)17(5)27(23)13-9-14-29-15(2)3/h7-8,11-12,15H,6,9-10,13-14H2,1-5H3,(H,24,25)(H,26,28). The molecular weight excluding hydrogens is 364 g/mol. The van der Waals surface area contributed by atoms with Gasteiger partial charge in [0.15, 0.2) is 0 Å². The molecule has 0 radical (unpaired) electrons. The molecule has 3 rings (SSSR count). The first kappa shape index (κ1) is 21.1. The van der Waals surface area contributed by atoms with Crippen LogP contribution < -0.4 is 5.32 Å². The second kappa shape index (κ2) is 9.27. The first-order chi connectivity index (χ1) is 13.9. The van der Waals surface area contributed by atoms with Crippen LogP contribution in [0.25, 0.3) is 22.4 Å². The summed E-state index contributed by atoms with van der Waals surface area (Å²) >= 11 is 0. The Balaban J connectivity index is 2.01. The van der Waals surface area contributed by atoms with Gasteiger partial charge in [-0.25, -0.2) is 4.98 Å². The van der Waals surface area contributed by atoms with Gasteiger partial charge in [0.2, 0.25) is 5.91 Å². The van der Waals surface area contributed by atoms with Gasteiger partial charge in [-0.05, 0) is 58.2 Å². The Morgan fingerprint density at radius 1 is 1.28 bits per heavy atom. The number of aromatic amines is 1. The Labute approximate surface area is 172 Å². The van der Waals surface area contributed by atoms with Crippen LogP contribution in [0.5, 0.6) is 0 Å². The third kappa shape index (κ3) is 4.70. The fraction of sp³-hybridized carbons (Fsp3) is 0.478. The number of fused-ring (bicyclic) bond motifs is 1. The number of rotatable bonds is 9. The summed E-state index contributed by atoms with van der Waals surface area (Å²) in [4.78, 5) is 20.7. The van der Waals surface area contributed by atoms with E-state index in [4.69, 9.17) is 9.72 Å². The number of nitrogens with zero attached hydrogens (tertiary/aromatic N) is 2. The van der Waals surface area contributed by atoms with Gasteiger partial charge < -0.3 is 19.6 Å². The van der Waals surface area contributed by atoms with Crippen LogP contribution in [0, 0.1) is 13.8 Å². The van der Waals surface area contributed by atoms with E-state index in [0.717, 1.165) is 58.9 Å². The third-order valence-corrected chi connectivity index (χ3v) is 5.17. The van der Waals surface area contributed by atoms with E-state index in [1.165, 1.54) is 0 Å². The fourth-order valence-corrected chi connectivity index (χ4v) is 3.60. The van der Waals surface area contributed by atoms with Crippen LogP contribution in [0.3, 0.4) is 0 Å². The molecule has 0 spiro atoms. The van der Waals surface area contributed by atoms with Crippen LogP contribution in [-0.2, 0) is 16.1 Å². The summed E-state index contributed by atoms with van der Waals surface area (Å²) < 4.78 is 7.89. The Morgan fingerprint density at radius 3 is 2.72 bits per heavy atom. The van der Waals surface area contributed by atoms with Gasteiger partial charge in [0.25, 0.3) is 0 Å². The Bertz CT molecular complexity index is 951. The van der Waals surface area contributed by atoms with E-state index in [0.29, 0.717) is 13.0 Å². The summed E-state index contributed by atoms with van der Waals surface area (Å²) in [6.07, 6.45) is 2.41. The second-order valence-corrected chi connectivity index (χ2v) is 7.76. The first-order valence-electron chi connectivity index (χ1n) is 10.5. The second-order valence-electron chi connectivity index (χ2n) is 7.76. The number of para-hydroxylation sites is 2. The predicted molar refractivity (Wildman–Crippen MR) is 118 cm³/mol. The molecule has 1 amide bonds. The van der Waals surface area contributed by atoms with Gasteiger partial charge in [0.1, 0.15) is 11.6 Å². The van der Waals surface area contributed by atoms with Crippen molar-refractivity contribution >= 4 is 22.8 Å². The Hall–Kier alpha value is -2.60. The van der Waals surface area contributed by atoms with Crippen LogP contribution in [0.1, 0.15) is 51.3 Å². The van der Waals surface area contributed by atoms with Gasteiger partial charge in [0, 0.05) is 25.3 Å². The van der Waals surface area contributed by atoms with Crippen molar-refractivity contribution < 1.29 is 9.53 Å². The van der Waals surface area contributed by atoms with Crippen molar-refractivity contribution in [2.24, 2.45) is 0 Å². The molecule has 3 aromatic rings. The maximum absolute atomic E-state index is 12.5. The number of hydrogen-bond donors (Lipinski definition) is 2. The van der Waals surface area contributed by atoms with Crippen molar-refractivity contribution in [2.75, 3.05) is 11.9 Å². The smallest absolute Gasteiger partial charge is 0.225 e. The van der Waals surface area contributed by atoms with Crippen LogP contribution >= 0.6 is 0 Å². The zero-order valence-corrected chi connectivity index (χ0v) is 18.1. The van der Waals surface area contributed by atoms with Crippen LogP contribution in [0.15, 0.2) is 24.3 Å². The molecule has 2 N–H and O–H groups in total. The molecule has 0 saturated heterocycles. The van der Waals surface area contributed by atoms with Gasteiger partial charge in [-0.2, -0.15) is 0 Å². The molecule has 0 unspecified atom stereocenters. The molecular formula is C23H32N4O2. The maximum atomic E-state index is 12.5. The minimum Gasteiger partial charge on any atom is -0.379 e. The van der Waals surface area contributed by atoms with E-state index < -0.39 is 0 Å². The number of nitrogens with one attached hydrogen (secondary N) is 2. The van der Waals surface area contributed by atoms with E-state index in [1.807, 2.05) is 45.0 Å². The molecule has 0 saturated carbocycles. The lowest BCUT2D eigenvalue weighted by atomic mass is 10.1. The molecule has 0 fully saturated rings.